The van der Waals surface area contributed by atoms with E-state index in [1.807, 2.05) is 90.1 Å². The number of aromatic amines is 2. The average molecular weight is 1550 g/mol. The van der Waals surface area contributed by atoms with Crippen LogP contribution in [0.4, 0.5) is 22.7 Å². The van der Waals surface area contributed by atoms with Crippen LogP contribution in [0.15, 0.2) is 111 Å². The Morgan fingerprint density at radius 2 is 0.949 bits per heavy atom. The molecule has 9 heterocycles. The molecule has 5 aliphatic heterocycles. The Morgan fingerprint density at radius 3 is 1.38 bits per heavy atom. The lowest BCUT2D eigenvalue weighted by molar-refractivity contribution is -0.185. The number of carbonyl (C=O) groups is 2. The number of methoxy groups -OCH3 is 6. The molecule has 2 atom stereocenters. The van der Waals surface area contributed by atoms with Crippen molar-refractivity contribution in [2.75, 3.05) is 102 Å². The fraction of sp³-hybridized carbons (Fsp3) is 0.486. The summed E-state index contributed by atoms with van der Waals surface area (Å²) < 4.78 is 51.5. The Morgan fingerprint density at radius 1 is 0.545 bits per heavy atom. The number of hydrogen-bond donors (Lipinski definition) is 3. The predicted octanol–water partition coefficient (Wildman–Crippen LogP) is 15.8. The van der Waals surface area contributed by atoms with E-state index in [-0.39, 0.29) is 42.5 Å². The van der Waals surface area contributed by atoms with Gasteiger partial charge in [-0.1, -0.05) is 79.5 Å². The number of Topliss-reactive ketones (excluding diaryl/α,β-unsaturated/α-hetero) is 2. The molecule has 5 aliphatic rings. The lowest BCUT2D eigenvalue weighted by Gasteiger charge is -2.32. The van der Waals surface area contributed by atoms with Gasteiger partial charge >= 0.3 is 7.12 Å². The summed E-state index contributed by atoms with van der Waals surface area (Å²) in [5.74, 6) is 3.58. The second kappa shape index (κ2) is 34.7. The Balaban J connectivity index is 0.000000158. The molecule has 0 bridgehead atoms. The van der Waals surface area contributed by atoms with Crippen LogP contribution in [0.2, 0.25) is 0 Å². The van der Waals surface area contributed by atoms with Crippen LogP contribution in [0.5, 0.6) is 23.0 Å². The molecule has 0 spiro atoms. The lowest BCUT2D eigenvalue weighted by Crippen LogP contribution is -2.41. The van der Waals surface area contributed by atoms with Gasteiger partial charge in [-0.15, -0.1) is 0 Å². The molecule has 8 aromatic rings. The number of carbonyl (C=O) groups excluding carboxylic acids is 2. The maximum absolute atomic E-state index is 12.8. The van der Waals surface area contributed by atoms with Gasteiger partial charge in [-0.25, -0.2) is 19.9 Å². The second-order valence-electron chi connectivity index (χ2n) is 27.6. The summed E-state index contributed by atoms with van der Waals surface area (Å²) in [6, 6.07) is 24.0. The van der Waals surface area contributed by atoms with Gasteiger partial charge in [-0.3, -0.25) is 9.59 Å². The lowest BCUT2D eigenvalue weighted by atomic mass is 9.79. The molecule has 21 nitrogen and oxygen atoms in total. The van der Waals surface area contributed by atoms with Crippen molar-refractivity contribution in [1.82, 2.24) is 29.9 Å². The van der Waals surface area contributed by atoms with Crippen molar-refractivity contribution in [3.8, 4) is 34.3 Å². The quantitative estimate of drug-likeness (QED) is 0.0553. The fourth-order valence-corrected chi connectivity index (χ4v) is 12.7. The molecule has 0 radical (unpaired) electrons. The number of ether oxygens (including phenoxy) is 7. The minimum atomic E-state index is -0.476. The van der Waals surface area contributed by atoms with Crippen LogP contribution in [-0.2, 0) is 23.5 Å². The Hall–Kier alpha value is -6.84. The molecule has 13 rings (SSSR count). The Labute approximate surface area is 609 Å². The van der Waals surface area contributed by atoms with Crippen molar-refractivity contribution in [1.29, 1.82) is 0 Å². The van der Waals surface area contributed by atoms with Gasteiger partial charge in [0.05, 0.1) is 91.6 Å². The molecule has 4 aromatic carbocycles. The van der Waals surface area contributed by atoms with E-state index in [0.29, 0.717) is 49.5 Å². The topological polar surface area (TPSA) is 236 Å². The normalized spacial score (nSPS) is 17.6. The van der Waals surface area contributed by atoms with E-state index in [2.05, 4.69) is 133 Å². The van der Waals surface area contributed by atoms with E-state index in [4.69, 9.17) is 53.2 Å². The van der Waals surface area contributed by atoms with Gasteiger partial charge in [0, 0.05) is 104 Å². The van der Waals surface area contributed by atoms with Crippen molar-refractivity contribution < 1.29 is 52.1 Å². The van der Waals surface area contributed by atoms with Crippen LogP contribution < -0.4 is 44.8 Å². The number of hydrogen-bond acceptors (Lipinski definition) is 19. The highest BCUT2D eigenvalue weighted by molar-refractivity contribution is 9.11. The van der Waals surface area contributed by atoms with Crippen LogP contribution in [0, 0.1) is 10.8 Å². The standard InChI is InChI=1S/C22H26N4O2.C17H26BNO3.C11H12BrN3O.C11H14BrNO.C7H8BrNO.C6H12O3/c1-22(2,3)20(27)15-12-23-21-19(15)25-16(13-24-21)14-7-8-18(28-4)17(11-14)26-9-5-6-10-26;1-16(2)17(3,4)22-18(21-16)13-8-9-15(20-5)14(12-13)19-10-6-7-11-19;1-11(2,3)9(16)6-4-13-10-8(6)15-7(12)5-14-10;1-14-11-5-4-9(12)8-10(11)13-6-2-3-7-13;1-10-7-3-2-5(8)4-6(7)9;1-7-5-3-4-6(8-2)9-5/h7-8,11-13H,5-6,9-10H2,1-4H3,(H,23,24);8-9,12H,6-7,10-11H2,1-5H3;4-5H,1-3H3,(H,13,14);4-5,8H,2-3,6-7H2,1H3;2-4H,9H2,1H3;5-6H,3-4H2,1-2H3. The number of H-pyrrole nitrogens is 2. The number of ketones is 2. The highest BCUT2D eigenvalue weighted by Crippen LogP contribution is 2.40. The van der Waals surface area contributed by atoms with Crippen molar-refractivity contribution in [3.05, 3.63) is 122 Å². The number of nitrogen functional groups attached to an aromatic ring is 1. The first-order valence-corrected chi connectivity index (χ1v) is 35.9. The van der Waals surface area contributed by atoms with Gasteiger partial charge in [0.15, 0.2) is 35.4 Å². The molecule has 4 aromatic heterocycles. The number of benzene rings is 4. The van der Waals surface area contributed by atoms with Gasteiger partial charge in [0.25, 0.3) is 0 Å². The van der Waals surface area contributed by atoms with E-state index in [9.17, 15) is 9.59 Å². The minimum absolute atomic E-state index is 0.0463. The number of fused-ring (bicyclic) bond motifs is 2. The van der Waals surface area contributed by atoms with Gasteiger partial charge in [0.1, 0.15) is 38.6 Å². The summed E-state index contributed by atoms with van der Waals surface area (Å²) in [6.07, 6.45) is 16.0. The second-order valence-corrected chi connectivity index (χ2v) is 30.3. The van der Waals surface area contributed by atoms with Gasteiger partial charge in [0.2, 0.25) is 0 Å². The number of anilines is 4. The number of aromatic nitrogens is 6. The summed E-state index contributed by atoms with van der Waals surface area (Å²) in [5, 5.41) is 0. The van der Waals surface area contributed by atoms with Crippen LogP contribution in [0.1, 0.15) is 141 Å². The summed E-state index contributed by atoms with van der Waals surface area (Å²) in [5.41, 5.74) is 14.6. The zero-order valence-electron chi connectivity index (χ0n) is 60.2. The van der Waals surface area contributed by atoms with E-state index in [1.54, 1.807) is 73.5 Å². The van der Waals surface area contributed by atoms with Gasteiger partial charge < -0.3 is 72.9 Å². The summed E-state index contributed by atoms with van der Waals surface area (Å²) >= 11 is 10.0. The first-order chi connectivity index (χ1) is 47.0. The van der Waals surface area contributed by atoms with Crippen LogP contribution in [-0.4, -0.2) is 154 Å². The maximum atomic E-state index is 12.8. The van der Waals surface area contributed by atoms with Crippen molar-refractivity contribution in [3.63, 3.8) is 0 Å². The average Bonchev–Trinajstić information content (AvgIpc) is 1.66. The molecule has 4 N–H and O–H groups in total. The molecule has 5 fully saturated rings. The van der Waals surface area contributed by atoms with E-state index in [0.717, 1.165) is 106 Å². The molecular weight excluding hydrogens is 1460 g/mol. The highest BCUT2D eigenvalue weighted by Gasteiger charge is 2.52. The summed E-state index contributed by atoms with van der Waals surface area (Å²) in [4.78, 5) is 55.8. The third kappa shape index (κ3) is 20.0. The molecule has 25 heteroatoms. The van der Waals surface area contributed by atoms with E-state index < -0.39 is 10.8 Å². The van der Waals surface area contributed by atoms with Crippen molar-refractivity contribution in [2.45, 2.75) is 144 Å². The molecule has 5 saturated heterocycles. The molecule has 0 aliphatic carbocycles. The predicted molar refractivity (Wildman–Crippen MR) is 406 cm³/mol. The van der Waals surface area contributed by atoms with Crippen molar-refractivity contribution >= 4 is 117 Å². The molecule has 99 heavy (non-hydrogen) atoms. The zero-order chi connectivity index (χ0) is 72.0. The largest absolute Gasteiger partial charge is 0.495 e. The fourth-order valence-electron chi connectivity index (χ4n) is 11.6. The third-order valence-corrected chi connectivity index (χ3v) is 19.3. The third-order valence-electron chi connectivity index (χ3n) is 17.9. The number of nitrogens with zero attached hydrogens (tertiary/aromatic N) is 7. The van der Waals surface area contributed by atoms with Crippen LogP contribution in [0.3, 0.4) is 0 Å². The highest BCUT2D eigenvalue weighted by atomic mass is 79.9. The summed E-state index contributed by atoms with van der Waals surface area (Å²) in [7, 11) is 9.71. The maximum Gasteiger partial charge on any atom is 0.494 e. The van der Waals surface area contributed by atoms with Gasteiger partial charge in [-0.2, -0.15) is 0 Å². The van der Waals surface area contributed by atoms with Gasteiger partial charge in [-0.05, 0) is 154 Å². The molecule has 0 amide bonds. The molecular formula is C74H98BBr3N10O11. The number of halogens is 3. The first kappa shape index (κ1) is 77.9. The SMILES string of the molecule is CC(C)(C)C(=O)c1c[nH]c2ncc(Br)nc12.COC1CCC(OC)O1.COc1ccc(-c2cnc3[nH]cc(C(=O)C(C)(C)C)c3n2)cc1N1CCCC1.COc1ccc(B2OC(C)(C)C(C)(C)O2)cc1N1CCCC1.COc1ccc(Br)cc1N.COc1ccc(Br)cc1N1CCCC1. The summed E-state index contributed by atoms with van der Waals surface area (Å²) in [6.45, 7) is 26.3. The zero-order valence-corrected chi connectivity index (χ0v) is 65.0. The van der Waals surface area contributed by atoms with E-state index in [1.165, 1.54) is 44.2 Å². The van der Waals surface area contributed by atoms with Crippen LogP contribution >= 0.6 is 47.8 Å². The van der Waals surface area contributed by atoms with E-state index >= 15 is 0 Å². The molecule has 534 valence electrons. The number of rotatable bonds is 13. The molecule has 2 unspecified atom stereocenters. The molecule has 0 saturated carbocycles. The van der Waals surface area contributed by atoms with Crippen LogP contribution in [0.25, 0.3) is 33.6 Å². The minimum Gasteiger partial charge on any atom is -0.495 e. The van der Waals surface area contributed by atoms with Crippen molar-refractivity contribution in [2.24, 2.45) is 10.8 Å². The first-order valence-electron chi connectivity index (χ1n) is 33.6. The Kier molecular flexibility index (Phi) is 27.3. The number of nitrogens with one attached hydrogen (secondary N) is 2. The Bertz CT molecular complexity index is 3960. The monoisotopic (exact) mass is 1550 g/mol. The smallest absolute Gasteiger partial charge is 0.494 e. The number of nitrogens with two attached hydrogens (primary N) is 1.